The Morgan fingerprint density at radius 2 is 1.84 bits per heavy atom. The Morgan fingerprint density at radius 3 is 2.62 bits per heavy atom. The van der Waals surface area contributed by atoms with E-state index in [0.29, 0.717) is 13.2 Å². The molecule has 4 rings (SSSR count). The zero-order chi connectivity index (χ0) is 22.8. The molecule has 1 aliphatic heterocycles. The molecule has 2 heterocycles. The number of likely N-dealkylation sites (N-methyl/N-ethyl adjacent to an activating group) is 1. The highest BCUT2D eigenvalue weighted by Gasteiger charge is 2.34. The van der Waals surface area contributed by atoms with Gasteiger partial charge in [-0.1, -0.05) is 30.3 Å². The van der Waals surface area contributed by atoms with Gasteiger partial charge >= 0.3 is 6.03 Å². The number of rotatable bonds is 6. The van der Waals surface area contributed by atoms with E-state index in [1.165, 1.54) is 0 Å². The summed E-state index contributed by atoms with van der Waals surface area (Å²) in [5.41, 5.74) is 3.87. The monoisotopic (exact) mass is 431 g/mol. The molecule has 0 atom stereocenters. The molecule has 0 unspecified atom stereocenters. The smallest absolute Gasteiger partial charge is 0.331 e. The van der Waals surface area contributed by atoms with Crippen molar-refractivity contribution in [2.45, 2.75) is 27.3 Å². The number of aryl methyl sites for hydroxylation is 2. The number of amides is 4. The highest BCUT2D eigenvalue weighted by atomic mass is 16.5. The summed E-state index contributed by atoms with van der Waals surface area (Å²) in [5.74, 6) is -0.409. The number of hydrogen-bond acceptors (Lipinski definition) is 4. The Bertz CT molecular complexity index is 1260. The minimum Gasteiger partial charge on any atom is -0.491 e. The van der Waals surface area contributed by atoms with Gasteiger partial charge in [0.1, 0.15) is 17.9 Å². The first-order valence-electron chi connectivity index (χ1n) is 10.6. The van der Waals surface area contributed by atoms with Gasteiger partial charge in [-0.25, -0.2) is 4.79 Å². The number of hydrogen-bond donors (Lipinski definition) is 1. The van der Waals surface area contributed by atoms with E-state index >= 15 is 0 Å². The number of carbonyl (C=O) groups is 3. The first kappa shape index (κ1) is 21.4. The van der Waals surface area contributed by atoms with Gasteiger partial charge in [0.2, 0.25) is 0 Å². The topological polar surface area (TPSA) is 80.6 Å². The second kappa shape index (κ2) is 8.70. The fourth-order valence-corrected chi connectivity index (χ4v) is 3.83. The average Bonchev–Trinajstić information content (AvgIpc) is 3.11. The standard InChI is InChI=1S/C25H25N3O4/c1-4-28-24(30)20(23(29)26-25(28)31)14-18-15-27(21-8-6-5-7-19(18)21)11-12-32-22-13-16(2)9-10-17(22)3/h5-10,13-15H,4,11-12H2,1-3H3,(H,26,29,31). The number of aromatic nitrogens is 1. The van der Waals surface area contributed by atoms with E-state index in [2.05, 4.69) is 11.4 Å². The van der Waals surface area contributed by atoms with Crippen LogP contribution in [0.4, 0.5) is 4.79 Å². The maximum Gasteiger partial charge on any atom is 0.331 e. The van der Waals surface area contributed by atoms with Crippen LogP contribution in [-0.4, -0.2) is 40.5 Å². The van der Waals surface area contributed by atoms with Crippen LogP contribution in [0.15, 0.2) is 54.2 Å². The number of imide groups is 2. The van der Waals surface area contributed by atoms with Gasteiger partial charge in [-0.3, -0.25) is 19.8 Å². The van der Waals surface area contributed by atoms with Gasteiger partial charge in [0.15, 0.2) is 0 Å². The van der Waals surface area contributed by atoms with Crippen LogP contribution in [0.5, 0.6) is 5.75 Å². The molecular formula is C25H25N3O4. The van der Waals surface area contributed by atoms with E-state index in [-0.39, 0.29) is 12.1 Å². The minimum atomic E-state index is -0.689. The Morgan fingerprint density at radius 1 is 1.06 bits per heavy atom. The molecule has 0 radical (unpaired) electrons. The largest absolute Gasteiger partial charge is 0.491 e. The molecule has 4 amide bonds. The number of urea groups is 1. The fourth-order valence-electron chi connectivity index (χ4n) is 3.83. The SMILES string of the molecule is CCN1C(=O)NC(=O)C(=Cc2cn(CCOc3cc(C)ccc3C)c3ccccc23)C1=O. The van der Waals surface area contributed by atoms with Crippen molar-refractivity contribution < 1.29 is 19.1 Å². The number of benzene rings is 2. The summed E-state index contributed by atoms with van der Waals surface area (Å²) in [5, 5.41) is 3.14. The lowest BCUT2D eigenvalue weighted by Gasteiger charge is -2.24. The van der Waals surface area contributed by atoms with Gasteiger partial charge in [-0.15, -0.1) is 0 Å². The van der Waals surface area contributed by atoms with Crippen molar-refractivity contribution in [3.05, 3.63) is 70.9 Å². The van der Waals surface area contributed by atoms with E-state index < -0.39 is 17.8 Å². The lowest BCUT2D eigenvalue weighted by molar-refractivity contribution is -0.129. The van der Waals surface area contributed by atoms with Crippen LogP contribution in [0, 0.1) is 13.8 Å². The Labute approximate surface area is 186 Å². The second-order valence-corrected chi connectivity index (χ2v) is 7.78. The van der Waals surface area contributed by atoms with Crippen molar-refractivity contribution in [1.29, 1.82) is 0 Å². The van der Waals surface area contributed by atoms with Crippen LogP contribution >= 0.6 is 0 Å². The van der Waals surface area contributed by atoms with Crippen LogP contribution in [0.2, 0.25) is 0 Å². The van der Waals surface area contributed by atoms with E-state index in [4.69, 9.17) is 4.74 Å². The van der Waals surface area contributed by atoms with Crippen molar-refractivity contribution in [2.75, 3.05) is 13.2 Å². The van der Waals surface area contributed by atoms with Crippen molar-refractivity contribution >= 4 is 34.8 Å². The van der Waals surface area contributed by atoms with Crippen LogP contribution in [0.1, 0.15) is 23.6 Å². The van der Waals surface area contributed by atoms with Crippen molar-refractivity contribution in [2.24, 2.45) is 0 Å². The molecule has 7 heteroatoms. The van der Waals surface area contributed by atoms with Gasteiger partial charge < -0.3 is 9.30 Å². The van der Waals surface area contributed by atoms with Crippen molar-refractivity contribution in [3.8, 4) is 5.75 Å². The van der Waals surface area contributed by atoms with Gasteiger partial charge in [0, 0.05) is 29.2 Å². The molecule has 0 aliphatic carbocycles. The Hall–Kier alpha value is -3.87. The molecule has 1 aliphatic rings. The maximum absolute atomic E-state index is 12.7. The molecule has 2 aromatic carbocycles. The Kier molecular flexibility index (Phi) is 5.81. The van der Waals surface area contributed by atoms with E-state index in [0.717, 1.165) is 38.2 Å². The zero-order valence-electron chi connectivity index (χ0n) is 18.3. The molecule has 0 spiro atoms. The van der Waals surface area contributed by atoms with Gasteiger partial charge in [0.25, 0.3) is 11.8 Å². The maximum atomic E-state index is 12.7. The second-order valence-electron chi connectivity index (χ2n) is 7.78. The van der Waals surface area contributed by atoms with Crippen LogP contribution in [-0.2, 0) is 16.1 Å². The third-order valence-electron chi connectivity index (χ3n) is 5.55. The average molecular weight is 431 g/mol. The minimum absolute atomic E-state index is 0.0546. The predicted molar refractivity (Wildman–Crippen MR) is 122 cm³/mol. The normalized spacial score (nSPS) is 15.5. The molecule has 0 bridgehead atoms. The highest BCUT2D eigenvalue weighted by Crippen LogP contribution is 2.25. The molecule has 0 saturated carbocycles. The molecule has 1 fully saturated rings. The molecule has 1 aromatic heterocycles. The number of carbonyl (C=O) groups excluding carboxylic acids is 3. The summed E-state index contributed by atoms with van der Waals surface area (Å²) >= 11 is 0. The number of nitrogens with zero attached hydrogens (tertiary/aromatic N) is 2. The van der Waals surface area contributed by atoms with Crippen molar-refractivity contribution in [3.63, 3.8) is 0 Å². The van der Waals surface area contributed by atoms with Gasteiger partial charge in [-0.05, 0) is 50.1 Å². The van der Waals surface area contributed by atoms with Gasteiger partial charge in [-0.2, -0.15) is 0 Å². The summed E-state index contributed by atoms with van der Waals surface area (Å²) in [4.78, 5) is 37.9. The lowest BCUT2D eigenvalue weighted by Crippen LogP contribution is -2.53. The first-order valence-corrected chi connectivity index (χ1v) is 10.6. The molecular weight excluding hydrogens is 406 g/mol. The molecule has 32 heavy (non-hydrogen) atoms. The highest BCUT2D eigenvalue weighted by molar-refractivity contribution is 6.31. The van der Waals surface area contributed by atoms with Crippen LogP contribution in [0.25, 0.3) is 17.0 Å². The number of para-hydroxylation sites is 1. The third-order valence-corrected chi connectivity index (χ3v) is 5.55. The summed E-state index contributed by atoms with van der Waals surface area (Å²) in [7, 11) is 0. The number of nitrogens with one attached hydrogen (secondary N) is 1. The molecule has 7 nitrogen and oxygen atoms in total. The molecule has 1 saturated heterocycles. The van der Waals surface area contributed by atoms with E-state index in [9.17, 15) is 14.4 Å². The number of fused-ring (bicyclic) bond motifs is 1. The van der Waals surface area contributed by atoms with Crippen LogP contribution in [0.3, 0.4) is 0 Å². The molecule has 164 valence electrons. The molecule has 3 aromatic rings. The third kappa shape index (κ3) is 4.01. The predicted octanol–water partition coefficient (Wildman–Crippen LogP) is 3.82. The summed E-state index contributed by atoms with van der Waals surface area (Å²) in [6.45, 7) is 6.98. The zero-order valence-corrected chi connectivity index (χ0v) is 18.3. The quantitative estimate of drug-likeness (QED) is 0.475. The summed E-state index contributed by atoms with van der Waals surface area (Å²) in [6, 6.07) is 13.2. The van der Waals surface area contributed by atoms with E-state index in [1.54, 1.807) is 13.0 Å². The summed E-state index contributed by atoms with van der Waals surface area (Å²) in [6.07, 6.45) is 3.45. The number of barbiturate groups is 1. The molecule has 1 N–H and O–H groups in total. The van der Waals surface area contributed by atoms with Crippen molar-refractivity contribution in [1.82, 2.24) is 14.8 Å². The first-order chi connectivity index (χ1) is 15.4. The fraction of sp³-hybridized carbons (Fsp3) is 0.240. The Balaban J connectivity index is 1.62. The number of ether oxygens (including phenoxy) is 1. The van der Waals surface area contributed by atoms with E-state index in [1.807, 2.05) is 61.0 Å². The lowest BCUT2D eigenvalue weighted by atomic mass is 10.1. The van der Waals surface area contributed by atoms with Gasteiger partial charge in [0.05, 0.1) is 6.54 Å². The summed E-state index contributed by atoms with van der Waals surface area (Å²) < 4.78 is 8.05. The van der Waals surface area contributed by atoms with Crippen LogP contribution < -0.4 is 10.1 Å².